The smallest absolute Gasteiger partial charge is 0.317 e. The summed E-state index contributed by atoms with van der Waals surface area (Å²) < 4.78 is 0. The zero-order valence-corrected chi connectivity index (χ0v) is 12.0. The molecule has 0 saturated heterocycles. The minimum atomic E-state index is -0.869. The Labute approximate surface area is 118 Å². The Morgan fingerprint density at radius 3 is 2.45 bits per heavy atom. The van der Waals surface area contributed by atoms with Gasteiger partial charge in [-0.15, -0.1) is 0 Å². The molecular weight excluding hydrogens is 262 g/mol. The monoisotopic (exact) mass is 285 g/mol. The van der Waals surface area contributed by atoms with Crippen LogP contribution in [-0.4, -0.2) is 54.6 Å². The van der Waals surface area contributed by atoms with Crippen molar-refractivity contribution in [3.63, 3.8) is 0 Å². The molecule has 0 aliphatic heterocycles. The average molecular weight is 285 g/mol. The van der Waals surface area contributed by atoms with Gasteiger partial charge in [0.15, 0.2) is 0 Å². The zero-order chi connectivity index (χ0) is 15.1. The van der Waals surface area contributed by atoms with Crippen LogP contribution in [0.5, 0.6) is 0 Å². The molecule has 3 amide bonds. The summed E-state index contributed by atoms with van der Waals surface area (Å²) >= 11 is 0. The summed E-state index contributed by atoms with van der Waals surface area (Å²) in [6.07, 6.45) is 4.02. The molecule has 3 N–H and O–H groups in total. The molecule has 2 unspecified atom stereocenters. The van der Waals surface area contributed by atoms with Gasteiger partial charge in [-0.25, -0.2) is 4.79 Å². The fourth-order valence-electron chi connectivity index (χ4n) is 2.41. The summed E-state index contributed by atoms with van der Waals surface area (Å²) in [5, 5.41) is 14.4. The Morgan fingerprint density at radius 2 is 1.85 bits per heavy atom. The molecule has 0 aromatic carbocycles. The summed E-state index contributed by atoms with van der Waals surface area (Å²) in [6, 6.07) is -0.776. The fraction of sp³-hybridized carbons (Fsp3) is 0.769. The molecule has 0 spiro atoms. The van der Waals surface area contributed by atoms with Gasteiger partial charge in [-0.05, 0) is 12.8 Å². The van der Waals surface area contributed by atoms with Crippen molar-refractivity contribution in [2.24, 2.45) is 5.92 Å². The van der Waals surface area contributed by atoms with Gasteiger partial charge in [0.25, 0.3) is 0 Å². The number of carboxylic acid groups (broad SMARTS) is 1. The van der Waals surface area contributed by atoms with Crippen LogP contribution in [0.4, 0.5) is 4.79 Å². The Balaban J connectivity index is 2.60. The van der Waals surface area contributed by atoms with E-state index < -0.39 is 17.9 Å². The molecule has 114 valence electrons. The van der Waals surface area contributed by atoms with Gasteiger partial charge in [-0.1, -0.05) is 19.3 Å². The molecule has 20 heavy (non-hydrogen) atoms. The SMILES string of the molecule is CNC(=O)CN(C)C(=O)NC1CCCCCC1C(=O)O. The molecule has 0 heterocycles. The molecule has 1 aliphatic rings. The standard InChI is InChI=1S/C13H23N3O4/c1-14-11(17)8-16(2)13(20)15-10-7-5-3-4-6-9(10)12(18)19/h9-10H,3-8H2,1-2H3,(H,14,17)(H,15,20)(H,18,19). The molecule has 1 saturated carbocycles. The zero-order valence-electron chi connectivity index (χ0n) is 12.0. The maximum absolute atomic E-state index is 12.0. The molecule has 1 fully saturated rings. The second-order valence-corrected chi connectivity index (χ2v) is 5.17. The molecule has 0 aromatic rings. The summed E-state index contributed by atoms with van der Waals surface area (Å²) in [7, 11) is 3.01. The van der Waals surface area contributed by atoms with Crippen molar-refractivity contribution in [1.82, 2.24) is 15.5 Å². The number of aliphatic carboxylic acids is 1. The van der Waals surface area contributed by atoms with E-state index in [0.29, 0.717) is 12.8 Å². The first-order chi connectivity index (χ1) is 9.45. The Hall–Kier alpha value is -1.79. The number of carbonyl (C=O) groups is 3. The van der Waals surface area contributed by atoms with Gasteiger partial charge in [0.2, 0.25) is 5.91 Å². The molecule has 0 bridgehead atoms. The predicted molar refractivity (Wildman–Crippen MR) is 73.2 cm³/mol. The van der Waals surface area contributed by atoms with Crippen molar-refractivity contribution in [2.45, 2.75) is 38.1 Å². The molecule has 1 aliphatic carbocycles. The molecule has 7 nitrogen and oxygen atoms in total. The molecule has 2 atom stereocenters. The van der Waals surface area contributed by atoms with Crippen LogP contribution in [-0.2, 0) is 9.59 Å². The minimum Gasteiger partial charge on any atom is -0.481 e. The van der Waals surface area contributed by atoms with Crippen molar-refractivity contribution in [2.75, 3.05) is 20.6 Å². The first kappa shape index (κ1) is 16.3. The number of carboxylic acids is 1. The first-order valence-electron chi connectivity index (χ1n) is 6.90. The van der Waals surface area contributed by atoms with E-state index in [4.69, 9.17) is 0 Å². The fourth-order valence-corrected chi connectivity index (χ4v) is 2.41. The third-order valence-corrected chi connectivity index (χ3v) is 3.65. The lowest BCUT2D eigenvalue weighted by molar-refractivity contribution is -0.142. The second kappa shape index (κ2) is 7.72. The van der Waals surface area contributed by atoms with Crippen LogP contribution in [0.15, 0.2) is 0 Å². The van der Waals surface area contributed by atoms with Crippen molar-refractivity contribution >= 4 is 17.9 Å². The summed E-state index contributed by atoms with van der Waals surface area (Å²) in [5.41, 5.74) is 0. The van der Waals surface area contributed by atoms with E-state index in [2.05, 4.69) is 10.6 Å². The summed E-state index contributed by atoms with van der Waals surface area (Å²) in [6.45, 7) is -0.0488. The van der Waals surface area contributed by atoms with E-state index >= 15 is 0 Å². The largest absolute Gasteiger partial charge is 0.481 e. The van der Waals surface area contributed by atoms with Crippen LogP contribution < -0.4 is 10.6 Å². The first-order valence-corrected chi connectivity index (χ1v) is 6.90. The maximum Gasteiger partial charge on any atom is 0.317 e. The van der Waals surface area contributed by atoms with Crippen LogP contribution in [0, 0.1) is 5.92 Å². The van der Waals surface area contributed by atoms with Crippen LogP contribution in [0.25, 0.3) is 0 Å². The lowest BCUT2D eigenvalue weighted by Gasteiger charge is -2.26. The van der Waals surface area contributed by atoms with Gasteiger partial charge in [-0.2, -0.15) is 0 Å². The predicted octanol–water partition coefficient (Wildman–Crippen LogP) is 0.407. The summed E-state index contributed by atoms with van der Waals surface area (Å²) in [4.78, 5) is 35.7. The minimum absolute atomic E-state index is 0.0488. The van der Waals surface area contributed by atoms with Gasteiger partial charge < -0.3 is 20.6 Å². The quantitative estimate of drug-likeness (QED) is 0.651. The third kappa shape index (κ3) is 4.71. The lowest BCUT2D eigenvalue weighted by atomic mass is 9.95. The van der Waals surface area contributed by atoms with Crippen molar-refractivity contribution in [3.8, 4) is 0 Å². The van der Waals surface area contributed by atoms with Crippen molar-refractivity contribution in [3.05, 3.63) is 0 Å². The van der Waals surface area contributed by atoms with E-state index in [9.17, 15) is 19.5 Å². The number of hydrogen-bond acceptors (Lipinski definition) is 3. The number of nitrogens with one attached hydrogen (secondary N) is 2. The van der Waals surface area contributed by atoms with Gasteiger partial charge in [-0.3, -0.25) is 9.59 Å². The highest BCUT2D eigenvalue weighted by molar-refractivity contribution is 5.84. The lowest BCUT2D eigenvalue weighted by Crippen LogP contribution is -2.49. The molecule has 0 radical (unpaired) electrons. The maximum atomic E-state index is 12.0. The molecule has 7 heteroatoms. The molecule has 0 aromatic heterocycles. The van der Waals surface area contributed by atoms with E-state index in [-0.39, 0.29) is 18.5 Å². The molecular formula is C13H23N3O4. The Morgan fingerprint density at radius 1 is 1.20 bits per heavy atom. The number of nitrogens with zero attached hydrogens (tertiary/aromatic N) is 1. The number of rotatable bonds is 4. The Kier molecular flexibility index (Phi) is 6.27. The summed E-state index contributed by atoms with van der Waals surface area (Å²) in [5.74, 6) is -1.68. The third-order valence-electron chi connectivity index (χ3n) is 3.65. The highest BCUT2D eigenvalue weighted by Crippen LogP contribution is 2.23. The van der Waals surface area contributed by atoms with Gasteiger partial charge in [0.1, 0.15) is 6.54 Å². The Bertz CT molecular complexity index is 373. The van der Waals surface area contributed by atoms with Crippen molar-refractivity contribution < 1.29 is 19.5 Å². The van der Waals surface area contributed by atoms with Crippen molar-refractivity contribution in [1.29, 1.82) is 0 Å². The number of amides is 3. The van der Waals surface area contributed by atoms with Gasteiger partial charge in [0.05, 0.1) is 5.92 Å². The van der Waals surface area contributed by atoms with E-state index in [1.54, 1.807) is 0 Å². The highest BCUT2D eigenvalue weighted by atomic mass is 16.4. The van der Waals surface area contributed by atoms with Crippen LogP contribution in [0.2, 0.25) is 0 Å². The van der Waals surface area contributed by atoms with Gasteiger partial charge in [0, 0.05) is 20.1 Å². The van der Waals surface area contributed by atoms with E-state index in [0.717, 1.165) is 19.3 Å². The van der Waals surface area contributed by atoms with E-state index in [1.165, 1.54) is 19.0 Å². The number of urea groups is 1. The average Bonchev–Trinajstić information content (AvgIpc) is 2.63. The van der Waals surface area contributed by atoms with Crippen LogP contribution in [0.3, 0.4) is 0 Å². The van der Waals surface area contributed by atoms with Crippen LogP contribution in [0.1, 0.15) is 32.1 Å². The van der Waals surface area contributed by atoms with Gasteiger partial charge >= 0.3 is 12.0 Å². The second-order valence-electron chi connectivity index (χ2n) is 5.17. The normalized spacial score (nSPS) is 22.5. The molecule has 1 rings (SSSR count). The topological polar surface area (TPSA) is 98.7 Å². The number of likely N-dealkylation sites (N-methyl/N-ethyl adjacent to an activating group) is 2. The van der Waals surface area contributed by atoms with E-state index in [1.807, 2.05) is 0 Å². The van der Waals surface area contributed by atoms with Crippen LogP contribution >= 0.6 is 0 Å². The highest BCUT2D eigenvalue weighted by Gasteiger charge is 2.31. The number of hydrogen-bond donors (Lipinski definition) is 3. The number of carbonyl (C=O) groups excluding carboxylic acids is 2.